The Kier molecular flexibility index (Phi) is 6.25. The van der Waals surface area contributed by atoms with Crippen molar-refractivity contribution in [2.75, 3.05) is 5.32 Å². The van der Waals surface area contributed by atoms with E-state index in [1.54, 1.807) is 0 Å². The molecule has 1 N–H and O–H groups in total. The van der Waals surface area contributed by atoms with Crippen molar-refractivity contribution in [3.8, 4) is 22.4 Å². The largest absolute Gasteiger partial charge is 0.323 e. The molecule has 168 valence electrons. The number of aromatic nitrogens is 2. The van der Waals surface area contributed by atoms with Crippen molar-refractivity contribution in [2.45, 2.75) is 51.9 Å². The van der Waals surface area contributed by atoms with E-state index < -0.39 is 0 Å². The van der Waals surface area contributed by atoms with E-state index in [0.29, 0.717) is 12.3 Å². The minimum Gasteiger partial charge on any atom is -0.323 e. The highest BCUT2D eigenvalue weighted by atomic mass is 16.1. The number of aryl methyl sites for hydroxylation is 1. The molecule has 1 aliphatic carbocycles. The Bertz CT molecular complexity index is 1240. The Morgan fingerprint density at radius 1 is 0.939 bits per heavy atom. The Labute approximate surface area is 195 Å². The SMILES string of the molecule is Cc1cc(NC(=O)CCC2CCCCC2)c2nc(-c3ccc(-c4ccccc4)cc3)cn2c1. The van der Waals surface area contributed by atoms with Gasteiger partial charge in [-0.25, -0.2) is 4.98 Å². The van der Waals surface area contributed by atoms with Crippen LogP contribution in [0.4, 0.5) is 5.69 Å². The third-order valence-electron chi connectivity index (χ3n) is 6.75. The average Bonchev–Trinajstić information content (AvgIpc) is 3.28. The van der Waals surface area contributed by atoms with Gasteiger partial charge in [0.25, 0.3) is 0 Å². The van der Waals surface area contributed by atoms with Crippen LogP contribution in [0, 0.1) is 12.8 Å². The fourth-order valence-corrected chi connectivity index (χ4v) is 4.96. The molecular formula is C29H31N3O. The summed E-state index contributed by atoms with van der Waals surface area (Å²) in [4.78, 5) is 17.6. The molecule has 1 saturated carbocycles. The summed E-state index contributed by atoms with van der Waals surface area (Å²) in [7, 11) is 0. The van der Waals surface area contributed by atoms with Gasteiger partial charge in [0, 0.05) is 24.4 Å². The highest BCUT2D eigenvalue weighted by molar-refractivity contribution is 5.94. The molecule has 1 aliphatic rings. The van der Waals surface area contributed by atoms with Crippen LogP contribution in [0.3, 0.4) is 0 Å². The van der Waals surface area contributed by atoms with Crippen LogP contribution in [0.15, 0.2) is 73.1 Å². The quantitative estimate of drug-likeness (QED) is 0.345. The first-order chi connectivity index (χ1) is 16.2. The summed E-state index contributed by atoms with van der Waals surface area (Å²) < 4.78 is 2.02. The number of anilines is 1. The van der Waals surface area contributed by atoms with Gasteiger partial charge in [0.1, 0.15) is 0 Å². The molecule has 0 saturated heterocycles. The second-order valence-electron chi connectivity index (χ2n) is 9.32. The van der Waals surface area contributed by atoms with E-state index in [1.165, 1.54) is 43.2 Å². The van der Waals surface area contributed by atoms with Gasteiger partial charge in [0.15, 0.2) is 5.65 Å². The van der Waals surface area contributed by atoms with Crippen molar-refractivity contribution in [3.63, 3.8) is 0 Å². The van der Waals surface area contributed by atoms with Gasteiger partial charge in [0.05, 0.1) is 11.4 Å². The third-order valence-corrected chi connectivity index (χ3v) is 6.75. The van der Waals surface area contributed by atoms with Crippen molar-refractivity contribution in [3.05, 3.63) is 78.6 Å². The van der Waals surface area contributed by atoms with E-state index in [4.69, 9.17) is 4.98 Å². The second kappa shape index (κ2) is 9.62. The summed E-state index contributed by atoms with van der Waals surface area (Å²) in [6.07, 6.45) is 12.2. The molecule has 0 spiro atoms. The molecular weight excluding hydrogens is 406 g/mol. The first-order valence-electron chi connectivity index (χ1n) is 12.1. The molecule has 5 rings (SSSR count). The molecule has 0 atom stereocenters. The van der Waals surface area contributed by atoms with Gasteiger partial charge in [-0.05, 0) is 42.0 Å². The molecule has 33 heavy (non-hydrogen) atoms. The minimum absolute atomic E-state index is 0.0878. The number of fused-ring (bicyclic) bond motifs is 1. The summed E-state index contributed by atoms with van der Waals surface area (Å²) in [6.45, 7) is 2.05. The molecule has 1 fully saturated rings. The number of amides is 1. The van der Waals surface area contributed by atoms with Gasteiger partial charge < -0.3 is 9.72 Å². The van der Waals surface area contributed by atoms with E-state index in [9.17, 15) is 4.79 Å². The monoisotopic (exact) mass is 437 g/mol. The van der Waals surface area contributed by atoms with E-state index >= 15 is 0 Å². The van der Waals surface area contributed by atoms with Crippen LogP contribution in [-0.4, -0.2) is 15.3 Å². The molecule has 4 aromatic rings. The predicted octanol–water partition coefficient (Wildman–Crippen LogP) is 7.28. The molecule has 2 aromatic carbocycles. The summed E-state index contributed by atoms with van der Waals surface area (Å²) in [5.41, 5.74) is 7.01. The summed E-state index contributed by atoms with van der Waals surface area (Å²) in [5.74, 6) is 0.795. The van der Waals surface area contributed by atoms with Crippen molar-refractivity contribution in [1.29, 1.82) is 0 Å². The first kappa shape index (κ1) is 21.4. The van der Waals surface area contributed by atoms with Crippen LogP contribution in [0.1, 0.15) is 50.5 Å². The van der Waals surface area contributed by atoms with Gasteiger partial charge in [0.2, 0.25) is 5.91 Å². The van der Waals surface area contributed by atoms with Gasteiger partial charge in [-0.1, -0.05) is 86.7 Å². The smallest absolute Gasteiger partial charge is 0.224 e. The van der Waals surface area contributed by atoms with E-state index in [1.807, 2.05) is 29.7 Å². The van der Waals surface area contributed by atoms with E-state index in [2.05, 4.69) is 60.0 Å². The maximum Gasteiger partial charge on any atom is 0.224 e. The van der Waals surface area contributed by atoms with Crippen LogP contribution >= 0.6 is 0 Å². The second-order valence-corrected chi connectivity index (χ2v) is 9.32. The van der Waals surface area contributed by atoms with Crippen LogP contribution < -0.4 is 5.32 Å². The number of rotatable bonds is 6. The number of carbonyl (C=O) groups is 1. The summed E-state index contributed by atoms with van der Waals surface area (Å²) >= 11 is 0. The van der Waals surface area contributed by atoms with E-state index in [0.717, 1.165) is 34.6 Å². The number of benzene rings is 2. The number of nitrogens with zero attached hydrogens (tertiary/aromatic N) is 2. The predicted molar refractivity (Wildman–Crippen MR) is 135 cm³/mol. The van der Waals surface area contributed by atoms with E-state index in [-0.39, 0.29) is 5.91 Å². The van der Waals surface area contributed by atoms with Crippen LogP contribution in [0.5, 0.6) is 0 Å². The number of nitrogens with one attached hydrogen (secondary N) is 1. The Hall–Kier alpha value is -3.40. The molecule has 2 heterocycles. The Morgan fingerprint density at radius 2 is 1.64 bits per heavy atom. The third kappa shape index (κ3) is 5.00. The lowest BCUT2D eigenvalue weighted by molar-refractivity contribution is -0.116. The normalized spacial score (nSPS) is 14.5. The van der Waals surface area contributed by atoms with Crippen LogP contribution in [0.25, 0.3) is 28.0 Å². The lowest BCUT2D eigenvalue weighted by atomic mass is 9.86. The number of imidazole rings is 1. The highest BCUT2D eigenvalue weighted by Gasteiger charge is 2.16. The van der Waals surface area contributed by atoms with Gasteiger partial charge in [-0.15, -0.1) is 0 Å². The molecule has 4 heteroatoms. The molecule has 0 bridgehead atoms. The van der Waals surface area contributed by atoms with Gasteiger partial charge in [-0.3, -0.25) is 4.79 Å². The molecule has 4 nitrogen and oxygen atoms in total. The molecule has 0 unspecified atom stereocenters. The molecule has 2 aromatic heterocycles. The molecule has 0 aliphatic heterocycles. The number of pyridine rings is 1. The fraction of sp³-hybridized carbons (Fsp3) is 0.310. The first-order valence-corrected chi connectivity index (χ1v) is 12.1. The lowest BCUT2D eigenvalue weighted by Gasteiger charge is -2.21. The number of carbonyl (C=O) groups excluding carboxylic acids is 1. The van der Waals surface area contributed by atoms with Gasteiger partial charge in [-0.2, -0.15) is 0 Å². The fourth-order valence-electron chi connectivity index (χ4n) is 4.96. The molecule has 1 amide bonds. The summed E-state index contributed by atoms with van der Waals surface area (Å²) in [5, 5.41) is 3.14. The number of hydrogen-bond donors (Lipinski definition) is 1. The van der Waals surface area contributed by atoms with Crippen molar-refractivity contribution in [2.24, 2.45) is 5.92 Å². The van der Waals surface area contributed by atoms with Crippen molar-refractivity contribution < 1.29 is 4.79 Å². The Morgan fingerprint density at radius 3 is 2.39 bits per heavy atom. The zero-order valence-corrected chi connectivity index (χ0v) is 19.3. The zero-order valence-electron chi connectivity index (χ0n) is 19.3. The van der Waals surface area contributed by atoms with Crippen molar-refractivity contribution in [1.82, 2.24) is 9.38 Å². The highest BCUT2D eigenvalue weighted by Crippen LogP contribution is 2.29. The minimum atomic E-state index is 0.0878. The summed E-state index contributed by atoms with van der Waals surface area (Å²) in [6, 6.07) is 20.9. The number of hydrogen-bond acceptors (Lipinski definition) is 2. The Balaban J connectivity index is 1.34. The average molecular weight is 438 g/mol. The standard InChI is InChI=1S/C29H31N3O/c1-21-18-26(30-28(33)17-12-22-8-4-2-5-9-22)29-31-27(20-32(29)19-21)25-15-13-24(14-16-25)23-10-6-3-7-11-23/h3,6-7,10-11,13-16,18-20,22H,2,4-5,8-9,12,17H2,1H3,(H,30,33). The van der Waals surface area contributed by atoms with Gasteiger partial charge >= 0.3 is 0 Å². The maximum atomic E-state index is 12.7. The maximum absolute atomic E-state index is 12.7. The molecule has 0 radical (unpaired) electrons. The van der Waals surface area contributed by atoms with Crippen LogP contribution in [0.2, 0.25) is 0 Å². The van der Waals surface area contributed by atoms with Crippen LogP contribution in [-0.2, 0) is 4.79 Å². The zero-order chi connectivity index (χ0) is 22.6. The topological polar surface area (TPSA) is 46.4 Å². The van der Waals surface area contributed by atoms with Crippen molar-refractivity contribution >= 4 is 17.2 Å². The lowest BCUT2D eigenvalue weighted by Crippen LogP contribution is -2.15.